The Morgan fingerprint density at radius 3 is 2.36 bits per heavy atom. The van der Waals surface area contributed by atoms with Crippen LogP contribution >= 0.6 is 18.6 Å². The fourth-order valence-electron chi connectivity index (χ4n) is 0.749. The van der Waals surface area contributed by atoms with Gasteiger partial charge >= 0.3 is 0 Å². The highest BCUT2D eigenvalue weighted by Gasteiger charge is 2.30. The molecule has 0 aliphatic heterocycles. The van der Waals surface area contributed by atoms with Crippen LogP contribution in [-0.2, 0) is 9.59 Å². The molecule has 0 aromatic rings. The fraction of sp³-hybridized carbons (Fsp3) is 0.556. The van der Waals surface area contributed by atoms with Gasteiger partial charge in [-0.15, -0.1) is 9.24 Å². The van der Waals surface area contributed by atoms with Crippen molar-refractivity contribution in [2.24, 2.45) is 0 Å². The van der Waals surface area contributed by atoms with Crippen molar-refractivity contribution < 1.29 is 9.59 Å². The highest BCUT2D eigenvalue weighted by Crippen LogP contribution is 2.26. The van der Waals surface area contributed by atoms with E-state index in [4.69, 9.17) is 0 Å². The van der Waals surface area contributed by atoms with Crippen LogP contribution in [0.15, 0.2) is 12.2 Å². The van der Waals surface area contributed by atoms with Gasteiger partial charge in [0.1, 0.15) is 0 Å². The van der Waals surface area contributed by atoms with Gasteiger partial charge in [0.2, 0.25) is 5.91 Å². The van der Waals surface area contributed by atoms with E-state index in [1.807, 2.05) is 6.92 Å². The summed E-state index contributed by atoms with van der Waals surface area (Å²) >= 11 is 0. The minimum atomic E-state index is -0.570. The van der Waals surface area contributed by atoms with Gasteiger partial charge in [-0.1, -0.05) is 13.0 Å². The minimum absolute atomic E-state index is 0.210. The maximum Gasteiger partial charge on any atom is 0.255 e. The average Bonchev–Trinajstić information content (AvgIpc) is 2.15. The number of nitrogens with zero attached hydrogens (tertiary/aromatic N) is 1. The van der Waals surface area contributed by atoms with Crippen molar-refractivity contribution in [2.45, 2.75) is 32.3 Å². The van der Waals surface area contributed by atoms with E-state index < -0.39 is 5.16 Å². The summed E-state index contributed by atoms with van der Waals surface area (Å²) in [6.07, 6.45) is 3.64. The molecule has 5 heteroatoms. The molecule has 3 atom stereocenters. The maximum absolute atomic E-state index is 11.7. The lowest BCUT2D eigenvalue weighted by Gasteiger charge is -2.25. The second-order valence-corrected chi connectivity index (χ2v) is 5.08. The number of amides is 2. The summed E-state index contributed by atoms with van der Waals surface area (Å²) in [4.78, 5) is 23.1. The number of carbonyl (C=O) groups is 2. The summed E-state index contributed by atoms with van der Waals surface area (Å²) < 4.78 is 1.07. The molecule has 0 bridgehead atoms. The van der Waals surface area contributed by atoms with E-state index >= 15 is 0 Å². The number of imide groups is 1. The zero-order valence-corrected chi connectivity index (χ0v) is 11.1. The van der Waals surface area contributed by atoms with Gasteiger partial charge in [0.25, 0.3) is 5.91 Å². The maximum atomic E-state index is 11.7. The standard InChI is InChI=1S/C9H17NO2P2/c1-4-6-7(11)10(14)8(12)9(3,13)5-2/h4,6H,5,13-14H2,1-3H3/b6-4-. The van der Waals surface area contributed by atoms with Crippen molar-refractivity contribution >= 4 is 30.4 Å². The van der Waals surface area contributed by atoms with Crippen molar-refractivity contribution in [1.82, 2.24) is 4.67 Å². The van der Waals surface area contributed by atoms with Crippen LogP contribution < -0.4 is 0 Å². The van der Waals surface area contributed by atoms with E-state index in [-0.39, 0.29) is 11.8 Å². The first-order chi connectivity index (χ1) is 6.36. The lowest BCUT2D eigenvalue weighted by molar-refractivity contribution is -0.136. The Kier molecular flexibility index (Phi) is 5.48. The Morgan fingerprint density at radius 2 is 2.00 bits per heavy atom. The van der Waals surface area contributed by atoms with Crippen LogP contribution in [0.2, 0.25) is 0 Å². The number of rotatable bonds is 3. The van der Waals surface area contributed by atoms with Crippen LogP contribution in [0, 0.1) is 0 Å². The largest absolute Gasteiger partial charge is 0.273 e. The van der Waals surface area contributed by atoms with Gasteiger partial charge in [0, 0.05) is 0 Å². The lowest BCUT2D eigenvalue weighted by atomic mass is 10.1. The number of carbonyl (C=O) groups excluding carboxylic acids is 2. The molecule has 14 heavy (non-hydrogen) atoms. The number of hydrogen-bond donors (Lipinski definition) is 0. The van der Waals surface area contributed by atoms with Gasteiger partial charge in [-0.05, 0) is 35.7 Å². The summed E-state index contributed by atoms with van der Waals surface area (Å²) in [5.41, 5.74) is 0. The van der Waals surface area contributed by atoms with Crippen LogP contribution in [0.25, 0.3) is 0 Å². The third-order valence-corrected chi connectivity index (χ3v) is 3.13. The molecule has 0 aliphatic carbocycles. The minimum Gasteiger partial charge on any atom is -0.273 e. The predicted molar refractivity (Wildman–Crippen MR) is 64.8 cm³/mol. The van der Waals surface area contributed by atoms with Crippen molar-refractivity contribution in [3.05, 3.63) is 12.2 Å². The highest BCUT2D eigenvalue weighted by atomic mass is 31.0. The quantitative estimate of drug-likeness (QED) is 0.550. The summed E-state index contributed by atoms with van der Waals surface area (Å²) in [5.74, 6) is -0.525. The Morgan fingerprint density at radius 1 is 1.50 bits per heavy atom. The first kappa shape index (κ1) is 13.7. The summed E-state index contributed by atoms with van der Waals surface area (Å²) in [7, 11) is 4.62. The fourth-order valence-corrected chi connectivity index (χ4v) is 1.42. The first-order valence-electron chi connectivity index (χ1n) is 4.41. The molecule has 0 N–H and O–H groups in total. The second kappa shape index (κ2) is 5.58. The molecule has 0 heterocycles. The van der Waals surface area contributed by atoms with E-state index in [1.165, 1.54) is 6.08 Å². The van der Waals surface area contributed by atoms with E-state index in [2.05, 4.69) is 18.6 Å². The monoisotopic (exact) mass is 233 g/mol. The molecule has 0 spiro atoms. The Bertz CT molecular complexity index is 262. The number of allylic oxidation sites excluding steroid dienone is 1. The van der Waals surface area contributed by atoms with E-state index in [0.717, 1.165) is 4.67 Å². The van der Waals surface area contributed by atoms with Crippen LogP contribution in [-0.4, -0.2) is 21.6 Å². The summed E-state index contributed by atoms with van der Waals surface area (Å²) in [5, 5.41) is -0.570. The predicted octanol–water partition coefficient (Wildman–Crippen LogP) is 1.75. The molecule has 0 rings (SSSR count). The van der Waals surface area contributed by atoms with Crippen molar-refractivity contribution in [3.8, 4) is 0 Å². The first-order valence-corrected chi connectivity index (χ1v) is 5.51. The van der Waals surface area contributed by atoms with E-state index in [9.17, 15) is 9.59 Å². The van der Waals surface area contributed by atoms with Gasteiger partial charge in [-0.25, -0.2) is 0 Å². The third-order valence-electron chi connectivity index (χ3n) is 1.99. The molecule has 80 valence electrons. The molecule has 0 radical (unpaired) electrons. The molecule has 0 fully saturated rings. The molecule has 0 aromatic heterocycles. The molecule has 3 unspecified atom stereocenters. The van der Waals surface area contributed by atoms with Gasteiger partial charge in [-0.2, -0.15) is 0 Å². The third kappa shape index (κ3) is 3.48. The van der Waals surface area contributed by atoms with Crippen LogP contribution in [0.5, 0.6) is 0 Å². The molecule has 0 saturated heterocycles. The van der Waals surface area contributed by atoms with Gasteiger partial charge in [-0.3, -0.25) is 14.3 Å². The molecular formula is C9H17NO2P2. The molecule has 0 aliphatic rings. The smallest absolute Gasteiger partial charge is 0.255 e. The Balaban J connectivity index is 4.63. The zero-order valence-electron chi connectivity index (χ0n) is 8.78. The molecule has 3 nitrogen and oxygen atoms in total. The lowest BCUT2D eigenvalue weighted by Crippen LogP contribution is -2.40. The summed E-state index contributed by atoms with van der Waals surface area (Å²) in [6, 6.07) is 0. The molecule has 2 amide bonds. The number of hydrogen-bond acceptors (Lipinski definition) is 2. The molecule has 0 aromatic carbocycles. The van der Waals surface area contributed by atoms with Crippen molar-refractivity contribution in [3.63, 3.8) is 0 Å². The van der Waals surface area contributed by atoms with E-state index in [0.29, 0.717) is 6.42 Å². The SMILES string of the molecule is C/C=C\C(=O)N(P)C(=O)C(C)(P)CC. The molecule has 0 saturated carbocycles. The van der Waals surface area contributed by atoms with Crippen LogP contribution in [0.4, 0.5) is 0 Å². The van der Waals surface area contributed by atoms with Gasteiger partial charge in [0.05, 0.1) is 5.16 Å². The van der Waals surface area contributed by atoms with Crippen molar-refractivity contribution in [1.29, 1.82) is 0 Å². The van der Waals surface area contributed by atoms with Gasteiger partial charge < -0.3 is 0 Å². The normalized spacial score (nSPS) is 15.2. The Hall–Kier alpha value is -0.260. The topological polar surface area (TPSA) is 37.4 Å². The molecular weight excluding hydrogens is 216 g/mol. The zero-order chi connectivity index (χ0) is 11.4. The second-order valence-electron chi connectivity index (χ2n) is 3.28. The Labute approximate surface area is 89.8 Å². The van der Waals surface area contributed by atoms with E-state index in [1.54, 1.807) is 19.9 Å². The highest BCUT2D eigenvalue weighted by molar-refractivity contribution is 7.22. The summed E-state index contributed by atoms with van der Waals surface area (Å²) in [6.45, 7) is 5.43. The van der Waals surface area contributed by atoms with Crippen LogP contribution in [0.3, 0.4) is 0 Å². The van der Waals surface area contributed by atoms with Gasteiger partial charge in [0.15, 0.2) is 0 Å². The van der Waals surface area contributed by atoms with Crippen molar-refractivity contribution in [2.75, 3.05) is 0 Å². The van der Waals surface area contributed by atoms with Crippen LogP contribution in [0.1, 0.15) is 27.2 Å². The average molecular weight is 233 g/mol.